The SMILES string of the molecule is Cc1ccc(C(O)c2ccc(C)cc2P(c2ccccc2)c2ccccc2)c(P(c2ccccc2)c2ccccc2)c1. The van der Waals surface area contributed by atoms with Gasteiger partial charge in [-0.25, -0.2) is 0 Å². The van der Waals surface area contributed by atoms with E-state index in [0.29, 0.717) is 0 Å². The van der Waals surface area contributed by atoms with Gasteiger partial charge in [0, 0.05) is 0 Å². The number of aliphatic hydroxyl groups is 1. The maximum Gasteiger partial charge on any atom is 0.105 e. The molecule has 0 fully saturated rings. The lowest BCUT2D eigenvalue weighted by atomic mass is 9.99. The number of hydrogen-bond acceptors (Lipinski definition) is 1. The quantitative estimate of drug-likeness (QED) is 0.194. The Balaban J connectivity index is 1.55. The third kappa shape index (κ3) is 6.01. The fourth-order valence-electron chi connectivity index (χ4n) is 5.49. The Bertz CT molecular complexity index is 1540. The van der Waals surface area contributed by atoms with Gasteiger partial charge < -0.3 is 5.11 Å². The van der Waals surface area contributed by atoms with Crippen LogP contribution in [0.5, 0.6) is 0 Å². The van der Waals surface area contributed by atoms with Gasteiger partial charge in [-0.15, -0.1) is 0 Å². The maximum absolute atomic E-state index is 12.4. The molecule has 0 unspecified atom stereocenters. The summed E-state index contributed by atoms with van der Waals surface area (Å²) in [7, 11) is -1.76. The second kappa shape index (κ2) is 13.0. The molecular formula is C39H34OP2. The number of aryl methyl sites for hydroxylation is 2. The van der Waals surface area contributed by atoms with Crippen molar-refractivity contribution in [3.05, 3.63) is 180 Å². The minimum Gasteiger partial charge on any atom is -0.384 e. The molecule has 0 radical (unpaired) electrons. The minimum absolute atomic E-state index is 0.772. The van der Waals surface area contributed by atoms with Gasteiger partial charge >= 0.3 is 0 Å². The van der Waals surface area contributed by atoms with Crippen LogP contribution in [0.3, 0.4) is 0 Å². The third-order valence-corrected chi connectivity index (χ3v) is 12.5. The van der Waals surface area contributed by atoms with Crippen molar-refractivity contribution in [2.45, 2.75) is 20.0 Å². The second-order valence-electron chi connectivity index (χ2n) is 10.5. The van der Waals surface area contributed by atoms with E-state index in [0.717, 1.165) is 11.1 Å². The molecule has 206 valence electrons. The van der Waals surface area contributed by atoms with Crippen LogP contribution in [0.1, 0.15) is 28.4 Å². The molecule has 0 bridgehead atoms. The Kier molecular flexibility index (Phi) is 8.73. The molecule has 1 N–H and O–H groups in total. The molecule has 0 aliphatic carbocycles. The number of hydrogen-bond donors (Lipinski definition) is 1. The smallest absolute Gasteiger partial charge is 0.105 e. The van der Waals surface area contributed by atoms with Gasteiger partial charge in [-0.1, -0.05) is 169 Å². The summed E-state index contributed by atoms with van der Waals surface area (Å²) < 4.78 is 0. The lowest BCUT2D eigenvalue weighted by Crippen LogP contribution is -2.28. The molecule has 0 aromatic heterocycles. The maximum atomic E-state index is 12.4. The zero-order valence-corrected chi connectivity index (χ0v) is 25.7. The first-order valence-electron chi connectivity index (χ1n) is 14.3. The van der Waals surface area contributed by atoms with E-state index in [-0.39, 0.29) is 0 Å². The third-order valence-electron chi connectivity index (χ3n) is 7.50. The molecule has 0 saturated heterocycles. The summed E-state index contributed by atoms with van der Waals surface area (Å²) >= 11 is 0. The van der Waals surface area contributed by atoms with E-state index in [1.165, 1.54) is 43.0 Å². The molecule has 0 saturated carbocycles. The van der Waals surface area contributed by atoms with Crippen molar-refractivity contribution in [3.8, 4) is 0 Å². The Labute approximate surface area is 252 Å². The Morgan fingerprint density at radius 1 is 0.405 bits per heavy atom. The van der Waals surface area contributed by atoms with Crippen molar-refractivity contribution in [3.63, 3.8) is 0 Å². The first-order valence-corrected chi connectivity index (χ1v) is 17.0. The fraction of sp³-hybridized carbons (Fsp3) is 0.0769. The van der Waals surface area contributed by atoms with Crippen LogP contribution >= 0.6 is 15.8 Å². The van der Waals surface area contributed by atoms with Crippen LogP contribution in [0.2, 0.25) is 0 Å². The lowest BCUT2D eigenvalue weighted by molar-refractivity contribution is 0.222. The average molecular weight is 581 g/mol. The molecule has 0 heterocycles. The van der Waals surface area contributed by atoms with E-state index >= 15 is 0 Å². The molecule has 6 rings (SSSR count). The molecule has 42 heavy (non-hydrogen) atoms. The van der Waals surface area contributed by atoms with Crippen molar-refractivity contribution in [1.82, 2.24) is 0 Å². The van der Waals surface area contributed by atoms with Gasteiger partial charge in [0.05, 0.1) is 0 Å². The summed E-state index contributed by atoms with van der Waals surface area (Å²) in [6, 6.07) is 56.1. The van der Waals surface area contributed by atoms with Gasteiger partial charge in [0.2, 0.25) is 0 Å². The monoisotopic (exact) mass is 580 g/mol. The highest BCUT2D eigenvalue weighted by molar-refractivity contribution is 7.80. The molecule has 1 nitrogen and oxygen atoms in total. The standard InChI is InChI=1S/C39H34OP2/c1-29-23-25-35(37(27-29)41(31-15-7-3-8-16-31)32-17-9-4-10-18-32)39(40)36-26-24-30(2)28-38(36)42(33-19-11-5-12-20-33)34-21-13-6-14-22-34/h3-28,39-40H,1-2H3. The summed E-state index contributed by atoms with van der Waals surface area (Å²) in [6.45, 7) is 4.29. The first-order chi connectivity index (χ1) is 20.6. The predicted molar refractivity (Wildman–Crippen MR) is 184 cm³/mol. The van der Waals surface area contributed by atoms with Crippen LogP contribution in [0.25, 0.3) is 0 Å². The topological polar surface area (TPSA) is 20.2 Å². The molecule has 3 heteroatoms. The van der Waals surface area contributed by atoms with Crippen molar-refractivity contribution < 1.29 is 5.11 Å². The number of benzene rings is 6. The molecule has 0 spiro atoms. The van der Waals surface area contributed by atoms with Crippen molar-refractivity contribution >= 4 is 47.7 Å². The normalized spacial score (nSPS) is 11.4. The fourth-order valence-corrected chi connectivity index (χ4v) is 10.7. The van der Waals surface area contributed by atoms with Gasteiger partial charge in [-0.05, 0) is 72.6 Å². The van der Waals surface area contributed by atoms with Gasteiger partial charge in [-0.3, -0.25) is 0 Å². The summed E-state index contributed by atoms with van der Waals surface area (Å²) in [4.78, 5) is 0. The van der Waals surface area contributed by atoms with Crippen molar-refractivity contribution in [2.75, 3.05) is 0 Å². The van der Waals surface area contributed by atoms with E-state index in [9.17, 15) is 5.11 Å². The van der Waals surface area contributed by atoms with E-state index in [1.54, 1.807) is 0 Å². The van der Waals surface area contributed by atoms with Crippen molar-refractivity contribution in [2.24, 2.45) is 0 Å². The van der Waals surface area contributed by atoms with E-state index in [2.05, 4.69) is 172 Å². The van der Waals surface area contributed by atoms with Gasteiger partial charge in [-0.2, -0.15) is 0 Å². The highest BCUT2D eigenvalue weighted by atomic mass is 31.1. The molecule has 6 aromatic rings. The second-order valence-corrected chi connectivity index (χ2v) is 14.9. The Morgan fingerprint density at radius 2 is 0.690 bits per heavy atom. The molecule has 0 aliphatic heterocycles. The van der Waals surface area contributed by atoms with Gasteiger partial charge in [0.15, 0.2) is 0 Å². The predicted octanol–water partition coefficient (Wildman–Crippen LogP) is 6.90. The minimum atomic E-state index is -0.879. The van der Waals surface area contributed by atoms with E-state index < -0.39 is 21.9 Å². The zero-order valence-electron chi connectivity index (χ0n) is 23.9. The molecule has 6 aromatic carbocycles. The first kappa shape index (κ1) is 28.3. The van der Waals surface area contributed by atoms with Crippen LogP contribution in [-0.2, 0) is 0 Å². The summed E-state index contributed by atoms with van der Waals surface area (Å²) in [6.07, 6.45) is -0.772. The number of rotatable bonds is 8. The molecule has 0 atom stereocenters. The van der Waals surface area contributed by atoms with Crippen molar-refractivity contribution in [1.29, 1.82) is 0 Å². The average Bonchev–Trinajstić information content (AvgIpc) is 3.03. The Hall–Kier alpha value is -3.86. The summed E-state index contributed by atoms with van der Waals surface area (Å²) in [5.41, 5.74) is 4.33. The van der Waals surface area contributed by atoms with Crippen LogP contribution in [0.4, 0.5) is 0 Å². The largest absolute Gasteiger partial charge is 0.384 e. The van der Waals surface area contributed by atoms with Crippen LogP contribution in [0.15, 0.2) is 158 Å². The lowest BCUT2D eigenvalue weighted by Gasteiger charge is -2.28. The van der Waals surface area contributed by atoms with Crippen LogP contribution in [0, 0.1) is 13.8 Å². The highest BCUT2D eigenvalue weighted by Gasteiger charge is 2.28. The molecule has 0 aliphatic rings. The highest BCUT2D eigenvalue weighted by Crippen LogP contribution is 2.40. The van der Waals surface area contributed by atoms with E-state index in [4.69, 9.17) is 0 Å². The summed E-state index contributed by atoms with van der Waals surface area (Å²) in [5.74, 6) is 0. The summed E-state index contributed by atoms with van der Waals surface area (Å²) in [5, 5.41) is 19.9. The molecule has 0 amide bonds. The molecular weight excluding hydrogens is 546 g/mol. The Morgan fingerprint density at radius 3 is 0.976 bits per heavy atom. The number of aliphatic hydroxyl groups excluding tert-OH is 1. The van der Waals surface area contributed by atoms with Gasteiger partial charge in [0.25, 0.3) is 0 Å². The van der Waals surface area contributed by atoms with Crippen LogP contribution < -0.4 is 31.8 Å². The van der Waals surface area contributed by atoms with Crippen LogP contribution in [-0.4, -0.2) is 5.11 Å². The zero-order chi connectivity index (χ0) is 28.9. The van der Waals surface area contributed by atoms with Gasteiger partial charge in [0.1, 0.15) is 6.10 Å². The van der Waals surface area contributed by atoms with E-state index in [1.807, 2.05) is 0 Å².